The van der Waals surface area contributed by atoms with E-state index < -0.39 is 0 Å². The third-order valence-corrected chi connectivity index (χ3v) is 3.51. The van der Waals surface area contributed by atoms with Gasteiger partial charge in [-0.3, -0.25) is 4.79 Å². The molecule has 1 aromatic heterocycles. The smallest absolute Gasteiger partial charge is 0.247 e. The maximum Gasteiger partial charge on any atom is 0.247 e. The van der Waals surface area contributed by atoms with Gasteiger partial charge in [0.1, 0.15) is 0 Å². The van der Waals surface area contributed by atoms with Crippen LogP contribution in [0.1, 0.15) is 25.1 Å². The van der Waals surface area contributed by atoms with Gasteiger partial charge in [-0.25, -0.2) is 0 Å². The van der Waals surface area contributed by atoms with Crippen molar-refractivity contribution in [1.29, 1.82) is 0 Å². The molecule has 0 atom stereocenters. The van der Waals surface area contributed by atoms with Gasteiger partial charge in [0.15, 0.2) is 0 Å². The number of hydrogen-bond acceptors (Lipinski definition) is 1. The first-order valence-corrected chi connectivity index (χ1v) is 7.22. The Bertz CT molecular complexity index is 611. The van der Waals surface area contributed by atoms with Gasteiger partial charge in [0.05, 0.1) is 6.54 Å². The molecule has 0 N–H and O–H groups in total. The molecule has 1 heterocycles. The van der Waals surface area contributed by atoms with E-state index in [1.807, 2.05) is 85.1 Å². The molecule has 0 aliphatic heterocycles. The number of carbonyl (C=O) groups excluding carboxylic acids is 1. The zero-order valence-electron chi connectivity index (χ0n) is 12.9. The van der Waals surface area contributed by atoms with E-state index in [0.717, 1.165) is 11.3 Å². The van der Waals surface area contributed by atoms with Gasteiger partial charge in [0.2, 0.25) is 5.91 Å². The lowest BCUT2D eigenvalue weighted by molar-refractivity contribution is -0.128. The predicted molar refractivity (Wildman–Crippen MR) is 86.6 cm³/mol. The Balaban J connectivity index is 2.09. The summed E-state index contributed by atoms with van der Waals surface area (Å²) < 4.78 is 2.05. The fourth-order valence-corrected chi connectivity index (χ4v) is 2.18. The van der Waals surface area contributed by atoms with Crippen molar-refractivity contribution in [2.24, 2.45) is 7.05 Å². The van der Waals surface area contributed by atoms with Gasteiger partial charge in [-0.15, -0.1) is 0 Å². The minimum atomic E-state index is 0.0371. The quantitative estimate of drug-likeness (QED) is 0.771. The van der Waals surface area contributed by atoms with Crippen molar-refractivity contribution < 1.29 is 4.79 Å². The summed E-state index contributed by atoms with van der Waals surface area (Å²) in [6, 6.07) is 14.1. The van der Waals surface area contributed by atoms with Crippen LogP contribution in [0.2, 0.25) is 0 Å². The van der Waals surface area contributed by atoms with Crippen LogP contribution in [-0.4, -0.2) is 21.4 Å². The monoisotopic (exact) mass is 282 g/mol. The molecule has 0 saturated carbocycles. The second-order valence-corrected chi connectivity index (χ2v) is 5.41. The molecular weight excluding hydrogens is 260 g/mol. The van der Waals surface area contributed by atoms with E-state index >= 15 is 0 Å². The number of aromatic nitrogens is 1. The maximum atomic E-state index is 12.4. The molecule has 0 fully saturated rings. The highest BCUT2D eigenvalue weighted by atomic mass is 16.2. The molecule has 0 unspecified atom stereocenters. The molecule has 2 rings (SSSR count). The lowest BCUT2D eigenvalue weighted by Crippen LogP contribution is -2.35. The zero-order chi connectivity index (χ0) is 15.2. The summed E-state index contributed by atoms with van der Waals surface area (Å²) in [4.78, 5) is 14.3. The normalized spacial score (nSPS) is 11.2. The number of carbonyl (C=O) groups is 1. The van der Waals surface area contributed by atoms with E-state index in [-0.39, 0.29) is 11.9 Å². The SMILES string of the molecule is CC(C)N(Cc1cccn1C)C(=O)/C=C/c1ccccc1. The molecule has 3 nitrogen and oxygen atoms in total. The Morgan fingerprint density at radius 2 is 1.90 bits per heavy atom. The minimum absolute atomic E-state index is 0.0371. The van der Waals surface area contributed by atoms with E-state index in [0.29, 0.717) is 6.54 Å². The highest BCUT2D eigenvalue weighted by molar-refractivity contribution is 5.91. The van der Waals surface area contributed by atoms with Crippen molar-refractivity contribution in [2.45, 2.75) is 26.4 Å². The van der Waals surface area contributed by atoms with Crippen molar-refractivity contribution in [3.63, 3.8) is 0 Å². The summed E-state index contributed by atoms with van der Waals surface area (Å²) in [6.07, 6.45) is 5.51. The lowest BCUT2D eigenvalue weighted by atomic mass is 10.2. The van der Waals surface area contributed by atoms with Crippen molar-refractivity contribution in [1.82, 2.24) is 9.47 Å². The van der Waals surface area contributed by atoms with Crippen LogP contribution in [0.4, 0.5) is 0 Å². The van der Waals surface area contributed by atoms with Crippen LogP contribution in [0.15, 0.2) is 54.7 Å². The fraction of sp³-hybridized carbons (Fsp3) is 0.278. The third kappa shape index (κ3) is 4.09. The first-order chi connectivity index (χ1) is 10.1. The fourth-order valence-electron chi connectivity index (χ4n) is 2.18. The topological polar surface area (TPSA) is 25.2 Å². The molecule has 2 aromatic rings. The zero-order valence-corrected chi connectivity index (χ0v) is 12.9. The molecule has 1 amide bonds. The molecule has 0 aliphatic carbocycles. The second kappa shape index (κ2) is 6.93. The molecule has 0 aliphatic rings. The van der Waals surface area contributed by atoms with Gasteiger partial charge >= 0.3 is 0 Å². The first-order valence-electron chi connectivity index (χ1n) is 7.22. The number of amides is 1. The van der Waals surface area contributed by atoms with Gasteiger partial charge < -0.3 is 9.47 Å². The number of nitrogens with zero attached hydrogens (tertiary/aromatic N) is 2. The van der Waals surface area contributed by atoms with E-state index in [1.54, 1.807) is 6.08 Å². The Kier molecular flexibility index (Phi) is 4.99. The van der Waals surface area contributed by atoms with E-state index in [1.165, 1.54) is 0 Å². The predicted octanol–water partition coefficient (Wildman–Crippen LogP) is 3.48. The molecule has 0 bridgehead atoms. The molecule has 1 aromatic carbocycles. The summed E-state index contributed by atoms with van der Waals surface area (Å²) in [5.41, 5.74) is 2.17. The van der Waals surface area contributed by atoms with Crippen LogP contribution < -0.4 is 0 Å². The summed E-state index contributed by atoms with van der Waals surface area (Å²) in [6.45, 7) is 4.70. The Labute approximate surface area is 126 Å². The van der Waals surface area contributed by atoms with Crippen LogP contribution in [0.5, 0.6) is 0 Å². The lowest BCUT2D eigenvalue weighted by Gasteiger charge is -2.25. The molecule has 0 radical (unpaired) electrons. The van der Waals surface area contributed by atoms with Crippen molar-refractivity contribution in [3.05, 3.63) is 66.0 Å². The second-order valence-electron chi connectivity index (χ2n) is 5.41. The maximum absolute atomic E-state index is 12.4. The first kappa shape index (κ1) is 15.1. The molecule has 110 valence electrons. The average Bonchev–Trinajstić information content (AvgIpc) is 2.88. The number of rotatable bonds is 5. The van der Waals surface area contributed by atoms with E-state index in [2.05, 4.69) is 0 Å². The molecule has 0 saturated heterocycles. The highest BCUT2D eigenvalue weighted by Gasteiger charge is 2.15. The van der Waals surface area contributed by atoms with Gasteiger partial charge in [0.25, 0.3) is 0 Å². The Morgan fingerprint density at radius 1 is 1.19 bits per heavy atom. The van der Waals surface area contributed by atoms with Crippen molar-refractivity contribution in [3.8, 4) is 0 Å². The van der Waals surface area contributed by atoms with Crippen LogP contribution in [-0.2, 0) is 18.4 Å². The number of benzene rings is 1. The number of hydrogen-bond donors (Lipinski definition) is 0. The van der Waals surface area contributed by atoms with Crippen LogP contribution >= 0.6 is 0 Å². The van der Waals surface area contributed by atoms with Gasteiger partial charge in [-0.1, -0.05) is 30.3 Å². The van der Waals surface area contributed by atoms with Crippen LogP contribution in [0.3, 0.4) is 0 Å². The molecular formula is C18H22N2O. The summed E-state index contributed by atoms with van der Waals surface area (Å²) >= 11 is 0. The molecule has 21 heavy (non-hydrogen) atoms. The largest absolute Gasteiger partial charge is 0.353 e. The van der Waals surface area contributed by atoms with Gasteiger partial charge in [-0.2, -0.15) is 0 Å². The van der Waals surface area contributed by atoms with E-state index in [9.17, 15) is 4.79 Å². The molecule has 0 spiro atoms. The van der Waals surface area contributed by atoms with Crippen molar-refractivity contribution in [2.75, 3.05) is 0 Å². The Hall–Kier alpha value is -2.29. The summed E-state index contributed by atoms with van der Waals surface area (Å²) in [7, 11) is 2.00. The summed E-state index contributed by atoms with van der Waals surface area (Å²) in [5.74, 6) is 0.0371. The van der Waals surface area contributed by atoms with Crippen molar-refractivity contribution >= 4 is 12.0 Å². The number of aryl methyl sites for hydroxylation is 1. The van der Waals surface area contributed by atoms with Crippen LogP contribution in [0.25, 0.3) is 6.08 Å². The van der Waals surface area contributed by atoms with Gasteiger partial charge in [0, 0.05) is 31.1 Å². The third-order valence-electron chi connectivity index (χ3n) is 3.51. The van der Waals surface area contributed by atoms with E-state index in [4.69, 9.17) is 0 Å². The summed E-state index contributed by atoms with van der Waals surface area (Å²) in [5, 5.41) is 0. The van der Waals surface area contributed by atoms with Gasteiger partial charge in [-0.05, 0) is 37.6 Å². The minimum Gasteiger partial charge on any atom is -0.353 e. The molecule has 3 heteroatoms. The Morgan fingerprint density at radius 3 is 2.48 bits per heavy atom. The average molecular weight is 282 g/mol. The standard InChI is InChI=1S/C18H22N2O/c1-15(2)20(14-17-10-7-13-19(17)3)18(21)12-11-16-8-5-4-6-9-16/h4-13,15H,14H2,1-3H3/b12-11+. The highest BCUT2D eigenvalue weighted by Crippen LogP contribution is 2.10. The van der Waals surface area contributed by atoms with Crippen LogP contribution in [0, 0.1) is 0 Å².